The maximum Gasteiger partial charge on any atom is 0.0429 e. The molecule has 0 aliphatic carbocycles. The molecule has 64 valence electrons. The molecule has 0 N–H and O–H groups in total. The fourth-order valence-corrected chi connectivity index (χ4v) is 1.86. The summed E-state index contributed by atoms with van der Waals surface area (Å²) in [5.74, 6) is 0. The Labute approximate surface area is 73.2 Å². The van der Waals surface area contributed by atoms with Crippen LogP contribution in [0.3, 0.4) is 0 Å². The number of anilines is 1. The second-order valence-corrected chi connectivity index (χ2v) is 3.42. The molecule has 2 heteroatoms. The summed E-state index contributed by atoms with van der Waals surface area (Å²) in [6, 6.07) is 2.11. The standard InChI is InChI=1S/C10H14N2/c1-8-9-4-3-7-12(2)10(9)5-6-11-8/h5-6H,3-4,7H2,1-2H3. The van der Waals surface area contributed by atoms with E-state index in [9.17, 15) is 0 Å². The van der Waals surface area contributed by atoms with E-state index in [1.54, 1.807) is 0 Å². The lowest BCUT2D eigenvalue weighted by atomic mass is 10.0. The van der Waals surface area contributed by atoms with Gasteiger partial charge in [0.05, 0.1) is 0 Å². The van der Waals surface area contributed by atoms with Crippen LogP contribution >= 0.6 is 0 Å². The molecule has 0 amide bonds. The number of hydrogen-bond acceptors (Lipinski definition) is 2. The van der Waals surface area contributed by atoms with Crippen molar-refractivity contribution in [2.24, 2.45) is 0 Å². The van der Waals surface area contributed by atoms with Gasteiger partial charge in [-0.15, -0.1) is 0 Å². The van der Waals surface area contributed by atoms with E-state index in [0.717, 1.165) is 0 Å². The lowest BCUT2D eigenvalue weighted by Gasteiger charge is -2.27. The zero-order valence-corrected chi connectivity index (χ0v) is 7.67. The Bertz CT molecular complexity index is 294. The number of aromatic nitrogens is 1. The van der Waals surface area contributed by atoms with Gasteiger partial charge in [0, 0.05) is 31.2 Å². The van der Waals surface area contributed by atoms with E-state index in [-0.39, 0.29) is 0 Å². The lowest BCUT2D eigenvalue weighted by Crippen LogP contribution is -2.25. The van der Waals surface area contributed by atoms with Crippen LogP contribution in [0.4, 0.5) is 5.69 Å². The monoisotopic (exact) mass is 162 g/mol. The van der Waals surface area contributed by atoms with Crippen molar-refractivity contribution in [3.63, 3.8) is 0 Å². The van der Waals surface area contributed by atoms with E-state index in [1.807, 2.05) is 6.20 Å². The van der Waals surface area contributed by atoms with Crippen LogP contribution in [0.5, 0.6) is 0 Å². The molecule has 1 aliphatic heterocycles. The molecule has 0 unspecified atom stereocenters. The van der Waals surface area contributed by atoms with E-state index in [1.165, 1.54) is 36.3 Å². The smallest absolute Gasteiger partial charge is 0.0429 e. The first kappa shape index (κ1) is 7.59. The number of pyridine rings is 1. The fraction of sp³-hybridized carbons (Fsp3) is 0.500. The maximum atomic E-state index is 4.30. The zero-order chi connectivity index (χ0) is 8.55. The SMILES string of the molecule is Cc1nccc2c1CCCN2C. The minimum atomic E-state index is 1.18. The van der Waals surface area contributed by atoms with Crippen molar-refractivity contribution >= 4 is 5.69 Å². The molecule has 12 heavy (non-hydrogen) atoms. The predicted octanol–water partition coefficient (Wildman–Crippen LogP) is 1.77. The summed E-state index contributed by atoms with van der Waals surface area (Å²) in [6.45, 7) is 3.27. The first-order chi connectivity index (χ1) is 5.79. The highest BCUT2D eigenvalue weighted by Crippen LogP contribution is 2.26. The molecule has 1 aromatic rings. The molecule has 0 atom stereocenters. The van der Waals surface area contributed by atoms with Crippen molar-refractivity contribution in [1.29, 1.82) is 0 Å². The second kappa shape index (κ2) is 2.77. The van der Waals surface area contributed by atoms with E-state index < -0.39 is 0 Å². The van der Waals surface area contributed by atoms with Crippen LogP contribution < -0.4 is 4.90 Å². The largest absolute Gasteiger partial charge is 0.374 e. The van der Waals surface area contributed by atoms with E-state index in [0.29, 0.717) is 0 Å². The van der Waals surface area contributed by atoms with Gasteiger partial charge in [-0.3, -0.25) is 4.98 Å². The molecule has 2 nitrogen and oxygen atoms in total. The summed E-state index contributed by atoms with van der Waals surface area (Å²) >= 11 is 0. The van der Waals surface area contributed by atoms with E-state index >= 15 is 0 Å². The highest BCUT2D eigenvalue weighted by atomic mass is 15.1. The maximum absolute atomic E-state index is 4.30. The Hall–Kier alpha value is -1.05. The molecule has 1 aliphatic rings. The molecule has 0 radical (unpaired) electrons. The Morgan fingerprint density at radius 2 is 2.33 bits per heavy atom. The van der Waals surface area contributed by atoms with Crippen molar-refractivity contribution < 1.29 is 0 Å². The number of hydrogen-bond donors (Lipinski definition) is 0. The van der Waals surface area contributed by atoms with Gasteiger partial charge in [-0.25, -0.2) is 0 Å². The summed E-state index contributed by atoms with van der Waals surface area (Å²) in [6.07, 6.45) is 4.35. The van der Waals surface area contributed by atoms with Gasteiger partial charge in [-0.05, 0) is 31.4 Å². The summed E-state index contributed by atoms with van der Waals surface area (Å²) < 4.78 is 0. The number of fused-ring (bicyclic) bond motifs is 1. The van der Waals surface area contributed by atoms with Crippen molar-refractivity contribution in [3.05, 3.63) is 23.5 Å². The van der Waals surface area contributed by atoms with Crippen LogP contribution in [0.2, 0.25) is 0 Å². The van der Waals surface area contributed by atoms with Gasteiger partial charge in [-0.2, -0.15) is 0 Å². The van der Waals surface area contributed by atoms with Crippen LogP contribution in [-0.4, -0.2) is 18.6 Å². The molecule has 0 saturated carbocycles. The van der Waals surface area contributed by atoms with Crippen molar-refractivity contribution in [2.45, 2.75) is 19.8 Å². The molecule has 2 rings (SSSR count). The Morgan fingerprint density at radius 1 is 1.50 bits per heavy atom. The fourth-order valence-electron chi connectivity index (χ4n) is 1.86. The van der Waals surface area contributed by atoms with Crippen molar-refractivity contribution in [1.82, 2.24) is 4.98 Å². The summed E-state index contributed by atoms with van der Waals surface area (Å²) in [4.78, 5) is 6.61. The van der Waals surface area contributed by atoms with Gasteiger partial charge in [-0.1, -0.05) is 0 Å². The van der Waals surface area contributed by atoms with Crippen LogP contribution in [0.15, 0.2) is 12.3 Å². The van der Waals surface area contributed by atoms with E-state index in [4.69, 9.17) is 0 Å². The lowest BCUT2D eigenvalue weighted by molar-refractivity contribution is 0.735. The third-order valence-corrected chi connectivity index (χ3v) is 2.58. The van der Waals surface area contributed by atoms with Gasteiger partial charge in [0.1, 0.15) is 0 Å². The van der Waals surface area contributed by atoms with Gasteiger partial charge < -0.3 is 4.90 Å². The van der Waals surface area contributed by atoms with Crippen molar-refractivity contribution in [2.75, 3.05) is 18.5 Å². The Kier molecular flexibility index (Phi) is 1.75. The molecular formula is C10H14N2. The van der Waals surface area contributed by atoms with Crippen LogP contribution in [-0.2, 0) is 6.42 Å². The minimum absolute atomic E-state index is 1.18. The van der Waals surface area contributed by atoms with Gasteiger partial charge in [0.25, 0.3) is 0 Å². The predicted molar refractivity (Wildman–Crippen MR) is 50.6 cm³/mol. The van der Waals surface area contributed by atoms with Gasteiger partial charge in [0.2, 0.25) is 0 Å². The average molecular weight is 162 g/mol. The average Bonchev–Trinajstić information content (AvgIpc) is 2.07. The molecule has 1 aromatic heterocycles. The Morgan fingerprint density at radius 3 is 3.08 bits per heavy atom. The molecule has 0 saturated heterocycles. The van der Waals surface area contributed by atoms with Gasteiger partial charge >= 0.3 is 0 Å². The summed E-state index contributed by atoms with van der Waals surface area (Å²) in [5.41, 5.74) is 4.00. The second-order valence-electron chi connectivity index (χ2n) is 3.42. The highest BCUT2D eigenvalue weighted by molar-refractivity contribution is 5.55. The topological polar surface area (TPSA) is 16.1 Å². The van der Waals surface area contributed by atoms with Crippen LogP contribution in [0.25, 0.3) is 0 Å². The number of aryl methyl sites for hydroxylation is 1. The molecular weight excluding hydrogens is 148 g/mol. The number of rotatable bonds is 0. The van der Waals surface area contributed by atoms with Crippen LogP contribution in [0.1, 0.15) is 17.7 Å². The third kappa shape index (κ3) is 1.07. The molecule has 0 fully saturated rings. The minimum Gasteiger partial charge on any atom is -0.374 e. The molecule has 0 aromatic carbocycles. The molecule has 0 bridgehead atoms. The highest BCUT2D eigenvalue weighted by Gasteiger charge is 2.14. The molecule has 2 heterocycles. The third-order valence-electron chi connectivity index (χ3n) is 2.58. The van der Waals surface area contributed by atoms with Crippen LogP contribution in [0, 0.1) is 6.92 Å². The quantitative estimate of drug-likeness (QED) is 0.578. The van der Waals surface area contributed by atoms with E-state index in [2.05, 4.69) is 29.9 Å². The normalized spacial score (nSPS) is 16.0. The molecule has 0 spiro atoms. The summed E-state index contributed by atoms with van der Waals surface area (Å²) in [7, 11) is 2.15. The first-order valence-electron chi connectivity index (χ1n) is 4.44. The number of nitrogens with zero attached hydrogens (tertiary/aromatic N) is 2. The van der Waals surface area contributed by atoms with Gasteiger partial charge in [0.15, 0.2) is 0 Å². The zero-order valence-electron chi connectivity index (χ0n) is 7.67. The Balaban J connectivity index is 2.52. The van der Waals surface area contributed by atoms with Crippen molar-refractivity contribution in [3.8, 4) is 0 Å². The summed E-state index contributed by atoms with van der Waals surface area (Å²) in [5, 5.41) is 0. The first-order valence-corrected chi connectivity index (χ1v) is 4.44.